The van der Waals surface area contributed by atoms with Crippen molar-refractivity contribution in [2.45, 2.75) is 18.1 Å². The number of nitrogens with zero attached hydrogens (tertiary/aromatic N) is 1. The standard InChI is InChI=1S/C21H19N3OS2/c1-14-9-10-16-17(12-14)23-21(22-16)27-13-19(25)24-20(18-8-5-11-26-18)15-6-3-2-4-7-15/h2-12,20H,13H2,1H3,(H,22,23)(H,24,25). The number of hydrogen-bond acceptors (Lipinski definition) is 4. The number of carbonyl (C=O) groups is 1. The van der Waals surface area contributed by atoms with Gasteiger partial charge in [0.2, 0.25) is 5.91 Å². The molecule has 0 aliphatic carbocycles. The van der Waals surface area contributed by atoms with Crippen LogP contribution in [0.2, 0.25) is 0 Å². The molecule has 6 heteroatoms. The molecule has 2 heterocycles. The van der Waals surface area contributed by atoms with Gasteiger partial charge in [0.05, 0.1) is 22.8 Å². The number of aromatic nitrogens is 2. The summed E-state index contributed by atoms with van der Waals surface area (Å²) in [5.41, 5.74) is 4.18. The molecule has 2 N–H and O–H groups in total. The lowest BCUT2D eigenvalue weighted by atomic mass is 10.1. The molecule has 2 aromatic heterocycles. The smallest absolute Gasteiger partial charge is 0.231 e. The first-order chi connectivity index (χ1) is 13.2. The van der Waals surface area contributed by atoms with Gasteiger partial charge >= 0.3 is 0 Å². The Hall–Kier alpha value is -2.57. The van der Waals surface area contributed by atoms with Gasteiger partial charge in [-0.1, -0.05) is 54.2 Å². The number of hydrogen-bond donors (Lipinski definition) is 2. The number of rotatable bonds is 6. The van der Waals surface area contributed by atoms with Crippen molar-refractivity contribution < 1.29 is 4.79 Å². The number of H-pyrrole nitrogens is 1. The van der Waals surface area contributed by atoms with Gasteiger partial charge in [0.1, 0.15) is 0 Å². The molecule has 0 saturated carbocycles. The van der Waals surface area contributed by atoms with E-state index in [4.69, 9.17) is 0 Å². The van der Waals surface area contributed by atoms with E-state index in [1.54, 1.807) is 11.3 Å². The number of thioether (sulfide) groups is 1. The number of benzene rings is 2. The molecule has 0 saturated heterocycles. The van der Waals surface area contributed by atoms with E-state index in [2.05, 4.69) is 34.3 Å². The number of nitrogens with one attached hydrogen (secondary N) is 2. The van der Waals surface area contributed by atoms with Gasteiger partial charge in [0.25, 0.3) is 0 Å². The molecule has 0 spiro atoms. The largest absolute Gasteiger partial charge is 0.344 e. The summed E-state index contributed by atoms with van der Waals surface area (Å²) in [7, 11) is 0. The molecule has 0 aliphatic heterocycles. The van der Waals surface area contributed by atoms with Crippen LogP contribution in [0, 0.1) is 6.92 Å². The molecule has 4 nitrogen and oxygen atoms in total. The third kappa shape index (κ3) is 4.23. The summed E-state index contributed by atoms with van der Waals surface area (Å²) in [5.74, 6) is 0.298. The zero-order chi connectivity index (χ0) is 18.6. The summed E-state index contributed by atoms with van der Waals surface area (Å²) in [4.78, 5) is 21.5. The topological polar surface area (TPSA) is 57.8 Å². The molecular formula is C21H19N3OS2. The van der Waals surface area contributed by atoms with E-state index in [0.29, 0.717) is 5.75 Å². The van der Waals surface area contributed by atoms with Crippen molar-refractivity contribution in [3.63, 3.8) is 0 Å². The normalized spacial score (nSPS) is 12.2. The minimum absolute atomic E-state index is 0.0149. The highest BCUT2D eigenvalue weighted by Gasteiger charge is 2.18. The number of imidazole rings is 1. The van der Waals surface area contributed by atoms with Gasteiger partial charge < -0.3 is 10.3 Å². The summed E-state index contributed by atoms with van der Waals surface area (Å²) in [6.07, 6.45) is 0. The Morgan fingerprint density at radius 2 is 2.04 bits per heavy atom. The van der Waals surface area contributed by atoms with Gasteiger partial charge in [-0.05, 0) is 41.6 Å². The lowest BCUT2D eigenvalue weighted by molar-refractivity contribution is -0.119. The van der Waals surface area contributed by atoms with E-state index < -0.39 is 0 Å². The fourth-order valence-electron chi connectivity index (χ4n) is 2.92. The Balaban J connectivity index is 1.45. The molecule has 0 fully saturated rings. The fourth-order valence-corrected chi connectivity index (χ4v) is 4.42. The Bertz CT molecular complexity index is 1040. The predicted octanol–water partition coefficient (Wildman–Crippen LogP) is 4.93. The van der Waals surface area contributed by atoms with E-state index in [9.17, 15) is 4.79 Å². The van der Waals surface area contributed by atoms with Crippen LogP contribution in [0.15, 0.2) is 71.2 Å². The second kappa shape index (κ2) is 7.98. The van der Waals surface area contributed by atoms with Crippen LogP contribution in [-0.4, -0.2) is 21.6 Å². The molecule has 1 atom stereocenters. The highest BCUT2D eigenvalue weighted by Crippen LogP contribution is 2.26. The molecule has 4 rings (SSSR count). The van der Waals surface area contributed by atoms with Crippen LogP contribution in [0.1, 0.15) is 22.0 Å². The van der Waals surface area contributed by atoms with Crippen LogP contribution in [0.5, 0.6) is 0 Å². The van der Waals surface area contributed by atoms with E-state index in [1.807, 2.05) is 53.9 Å². The Morgan fingerprint density at radius 3 is 2.81 bits per heavy atom. The maximum absolute atomic E-state index is 12.6. The van der Waals surface area contributed by atoms with Crippen molar-refractivity contribution in [1.82, 2.24) is 15.3 Å². The number of aromatic amines is 1. The first kappa shape index (κ1) is 17.8. The molecule has 1 unspecified atom stereocenters. The molecule has 1 amide bonds. The molecule has 27 heavy (non-hydrogen) atoms. The zero-order valence-electron chi connectivity index (χ0n) is 14.8. The van der Waals surface area contributed by atoms with E-state index in [-0.39, 0.29) is 11.9 Å². The third-order valence-electron chi connectivity index (χ3n) is 4.22. The number of aryl methyl sites for hydroxylation is 1. The van der Waals surface area contributed by atoms with Gasteiger partial charge in [0.15, 0.2) is 5.16 Å². The number of fused-ring (bicyclic) bond motifs is 1. The van der Waals surface area contributed by atoms with Crippen molar-refractivity contribution >= 4 is 40.0 Å². The lowest BCUT2D eigenvalue weighted by Crippen LogP contribution is -2.30. The van der Waals surface area contributed by atoms with Crippen LogP contribution in [0.25, 0.3) is 11.0 Å². The maximum atomic E-state index is 12.6. The molecule has 4 aromatic rings. The van der Waals surface area contributed by atoms with Crippen LogP contribution in [0.3, 0.4) is 0 Å². The van der Waals surface area contributed by atoms with Crippen molar-refractivity contribution in [1.29, 1.82) is 0 Å². The number of carbonyl (C=O) groups excluding carboxylic acids is 1. The van der Waals surface area contributed by atoms with E-state index in [1.165, 1.54) is 17.3 Å². The van der Waals surface area contributed by atoms with Crippen LogP contribution >= 0.6 is 23.1 Å². The monoisotopic (exact) mass is 393 g/mol. The second-order valence-electron chi connectivity index (χ2n) is 6.28. The average Bonchev–Trinajstić information content (AvgIpc) is 3.34. The fraction of sp³-hybridized carbons (Fsp3) is 0.143. The minimum atomic E-state index is -0.127. The molecule has 0 bridgehead atoms. The summed E-state index contributed by atoms with van der Waals surface area (Å²) < 4.78 is 0. The van der Waals surface area contributed by atoms with Gasteiger partial charge in [-0.3, -0.25) is 4.79 Å². The van der Waals surface area contributed by atoms with Gasteiger partial charge in [0, 0.05) is 4.88 Å². The summed E-state index contributed by atoms with van der Waals surface area (Å²) in [5, 5.41) is 5.95. The Morgan fingerprint density at radius 1 is 1.19 bits per heavy atom. The van der Waals surface area contributed by atoms with Crippen LogP contribution < -0.4 is 5.32 Å². The first-order valence-corrected chi connectivity index (χ1v) is 10.5. The average molecular weight is 394 g/mol. The highest BCUT2D eigenvalue weighted by molar-refractivity contribution is 7.99. The van der Waals surface area contributed by atoms with Crippen molar-refractivity contribution in [3.8, 4) is 0 Å². The van der Waals surface area contributed by atoms with Crippen LogP contribution in [-0.2, 0) is 4.79 Å². The molecular weight excluding hydrogens is 374 g/mol. The molecule has 136 valence electrons. The minimum Gasteiger partial charge on any atom is -0.344 e. The SMILES string of the molecule is Cc1ccc2nc(SCC(=O)NC(c3ccccc3)c3cccs3)[nH]c2c1. The molecule has 0 radical (unpaired) electrons. The van der Waals surface area contributed by atoms with E-state index >= 15 is 0 Å². The number of thiophene rings is 1. The van der Waals surface area contributed by atoms with Crippen molar-refractivity contribution in [2.24, 2.45) is 0 Å². The molecule has 0 aliphatic rings. The van der Waals surface area contributed by atoms with Crippen molar-refractivity contribution in [3.05, 3.63) is 82.0 Å². The highest BCUT2D eigenvalue weighted by atomic mass is 32.2. The summed E-state index contributed by atoms with van der Waals surface area (Å²) >= 11 is 3.07. The zero-order valence-corrected chi connectivity index (χ0v) is 16.4. The van der Waals surface area contributed by atoms with Gasteiger partial charge in [-0.15, -0.1) is 11.3 Å². The Kier molecular flexibility index (Phi) is 5.27. The lowest BCUT2D eigenvalue weighted by Gasteiger charge is -2.17. The quantitative estimate of drug-likeness (QED) is 0.457. The number of amides is 1. The third-order valence-corrected chi connectivity index (χ3v) is 6.03. The Labute approximate surface area is 166 Å². The summed E-state index contributed by atoms with van der Waals surface area (Å²) in [6.45, 7) is 2.05. The van der Waals surface area contributed by atoms with Gasteiger partial charge in [-0.25, -0.2) is 4.98 Å². The first-order valence-electron chi connectivity index (χ1n) is 8.66. The summed E-state index contributed by atoms with van der Waals surface area (Å²) in [6, 6.07) is 20.1. The van der Waals surface area contributed by atoms with E-state index in [0.717, 1.165) is 26.6 Å². The van der Waals surface area contributed by atoms with Crippen LogP contribution in [0.4, 0.5) is 0 Å². The van der Waals surface area contributed by atoms with Crippen molar-refractivity contribution in [2.75, 3.05) is 5.75 Å². The maximum Gasteiger partial charge on any atom is 0.231 e. The molecule has 2 aromatic carbocycles. The second-order valence-corrected chi connectivity index (χ2v) is 8.22. The predicted molar refractivity (Wildman–Crippen MR) is 112 cm³/mol. The van der Waals surface area contributed by atoms with Gasteiger partial charge in [-0.2, -0.15) is 0 Å².